The molecule has 80 valence electrons. The summed E-state index contributed by atoms with van der Waals surface area (Å²) in [5.41, 5.74) is -0.0593. The molecule has 0 aliphatic heterocycles. The van der Waals surface area contributed by atoms with Crippen LogP contribution in [-0.4, -0.2) is 25.8 Å². The Bertz CT molecular complexity index is 418. The maximum Gasteiger partial charge on any atom is 0.375 e. The minimum absolute atomic E-state index is 0.0593. The average Bonchev–Trinajstić information content (AvgIpc) is 2.50. The van der Waals surface area contributed by atoms with Gasteiger partial charge in [-0.15, -0.1) is 5.10 Å². The molecule has 0 amide bonds. The van der Waals surface area contributed by atoms with Crippen molar-refractivity contribution in [3.05, 3.63) is 12.2 Å². The standard InChI is InChI=1S/C10H13N3O2/c1-10(2,3)5-4-6-13-7-11-8(12-13)9(14)15/h7H,6H2,1-3H3,(H,14,15). The monoisotopic (exact) mass is 207 g/mol. The summed E-state index contributed by atoms with van der Waals surface area (Å²) in [6, 6.07) is 0. The van der Waals surface area contributed by atoms with Gasteiger partial charge < -0.3 is 5.11 Å². The minimum Gasteiger partial charge on any atom is -0.475 e. The second kappa shape index (κ2) is 4.13. The lowest BCUT2D eigenvalue weighted by Gasteiger charge is -2.06. The Balaban J connectivity index is 2.65. The van der Waals surface area contributed by atoms with Crippen LogP contribution in [-0.2, 0) is 6.54 Å². The van der Waals surface area contributed by atoms with Gasteiger partial charge in [0, 0.05) is 5.41 Å². The summed E-state index contributed by atoms with van der Waals surface area (Å²) in [5.74, 6) is 4.61. The van der Waals surface area contributed by atoms with Crippen molar-refractivity contribution in [1.29, 1.82) is 0 Å². The zero-order valence-corrected chi connectivity index (χ0v) is 8.98. The van der Waals surface area contributed by atoms with E-state index in [4.69, 9.17) is 5.11 Å². The molecule has 0 atom stereocenters. The first kappa shape index (κ1) is 11.2. The van der Waals surface area contributed by atoms with Gasteiger partial charge in [0.15, 0.2) is 0 Å². The van der Waals surface area contributed by atoms with Crippen molar-refractivity contribution in [2.45, 2.75) is 27.3 Å². The second-order valence-electron chi connectivity index (χ2n) is 4.12. The lowest BCUT2D eigenvalue weighted by atomic mass is 9.98. The van der Waals surface area contributed by atoms with Crippen LogP contribution in [0, 0.1) is 17.3 Å². The number of hydrogen-bond donors (Lipinski definition) is 1. The van der Waals surface area contributed by atoms with Crippen LogP contribution in [0.15, 0.2) is 6.33 Å². The Labute approximate surface area is 88.1 Å². The molecule has 0 radical (unpaired) electrons. The van der Waals surface area contributed by atoms with Crippen LogP contribution in [0.2, 0.25) is 0 Å². The summed E-state index contributed by atoms with van der Waals surface area (Å²) in [4.78, 5) is 14.1. The van der Waals surface area contributed by atoms with Crippen LogP contribution in [0.4, 0.5) is 0 Å². The van der Waals surface area contributed by atoms with Crippen LogP contribution in [0.3, 0.4) is 0 Å². The fraction of sp³-hybridized carbons (Fsp3) is 0.500. The summed E-state index contributed by atoms with van der Waals surface area (Å²) < 4.78 is 1.40. The molecule has 1 N–H and O–H groups in total. The number of hydrogen-bond acceptors (Lipinski definition) is 3. The van der Waals surface area contributed by atoms with Crippen LogP contribution in [0.25, 0.3) is 0 Å². The number of carboxylic acid groups (broad SMARTS) is 1. The number of carbonyl (C=O) groups is 1. The van der Waals surface area contributed by atoms with E-state index in [1.54, 1.807) is 0 Å². The highest BCUT2D eigenvalue weighted by Crippen LogP contribution is 2.09. The van der Waals surface area contributed by atoms with E-state index in [1.807, 2.05) is 20.8 Å². The Hall–Kier alpha value is -1.83. The van der Waals surface area contributed by atoms with Gasteiger partial charge >= 0.3 is 5.97 Å². The summed E-state index contributed by atoms with van der Waals surface area (Å²) in [5, 5.41) is 12.3. The van der Waals surface area contributed by atoms with E-state index in [9.17, 15) is 4.79 Å². The number of aromatic nitrogens is 3. The van der Waals surface area contributed by atoms with Crippen molar-refractivity contribution in [3.8, 4) is 11.8 Å². The van der Waals surface area contributed by atoms with Gasteiger partial charge in [-0.25, -0.2) is 14.5 Å². The van der Waals surface area contributed by atoms with Gasteiger partial charge in [0.05, 0.1) is 0 Å². The molecule has 1 heterocycles. The summed E-state index contributed by atoms with van der Waals surface area (Å²) in [6.45, 7) is 6.37. The zero-order chi connectivity index (χ0) is 11.5. The molecule has 0 fully saturated rings. The van der Waals surface area contributed by atoms with Crippen LogP contribution >= 0.6 is 0 Å². The maximum atomic E-state index is 10.5. The number of rotatable bonds is 2. The van der Waals surface area contributed by atoms with Gasteiger partial charge in [-0.05, 0) is 20.8 Å². The molecule has 5 nitrogen and oxygen atoms in total. The number of nitrogens with zero attached hydrogens (tertiary/aromatic N) is 3. The van der Waals surface area contributed by atoms with Gasteiger partial charge in [0.2, 0.25) is 0 Å². The molecular formula is C10H13N3O2. The lowest BCUT2D eigenvalue weighted by molar-refractivity contribution is 0.0683. The first-order valence-corrected chi connectivity index (χ1v) is 4.51. The van der Waals surface area contributed by atoms with Crippen molar-refractivity contribution in [2.24, 2.45) is 5.41 Å². The minimum atomic E-state index is -1.13. The first-order valence-electron chi connectivity index (χ1n) is 4.51. The first-order chi connectivity index (χ1) is 6.88. The van der Waals surface area contributed by atoms with Crippen molar-refractivity contribution < 1.29 is 9.90 Å². The summed E-state index contributed by atoms with van der Waals surface area (Å²) in [7, 11) is 0. The molecule has 0 saturated carbocycles. The van der Waals surface area contributed by atoms with E-state index in [-0.39, 0.29) is 11.2 Å². The van der Waals surface area contributed by atoms with Gasteiger partial charge in [-0.2, -0.15) is 0 Å². The molecule has 0 aromatic carbocycles. The lowest BCUT2D eigenvalue weighted by Crippen LogP contribution is -2.04. The molecule has 1 rings (SSSR count). The molecule has 0 unspecified atom stereocenters. The van der Waals surface area contributed by atoms with Gasteiger partial charge in [0.1, 0.15) is 12.9 Å². The van der Waals surface area contributed by atoms with Gasteiger partial charge in [-0.3, -0.25) is 0 Å². The predicted octanol–water partition coefficient (Wildman–Crippen LogP) is 1.03. The van der Waals surface area contributed by atoms with Gasteiger partial charge in [0.25, 0.3) is 5.82 Å². The van der Waals surface area contributed by atoms with E-state index in [0.717, 1.165) is 0 Å². The highest BCUT2D eigenvalue weighted by atomic mass is 16.4. The molecule has 1 aromatic heterocycles. The number of carboxylic acids is 1. The fourth-order valence-corrected chi connectivity index (χ4v) is 0.855. The van der Waals surface area contributed by atoms with Crippen molar-refractivity contribution in [1.82, 2.24) is 14.8 Å². The van der Waals surface area contributed by atoms with Crippen LogP contribution in [0.5, 0.6) is 0 Å². The molecule has 0 aliphatic carbocycles. The second-order valence-corrected chi connectivity index (χ2v) is 4.12. The molecule has 0 aliphatic rings. The third-order valence-corrected chi connectivity index (χ3v) is 1.43. The van der Waals surface area contributed by atoms with Crippen LogP contribution < -0.4 is 0 Å². The molecule has 0 bridgehead atoms. The SMILES string of the molecule is CC(C)(C)C#CCn1cnc(C(=O)O)n1. The van der Waals surface area contributed by atoms with E-state index in [1.165, 1.54) is 11.0 Å². The normalized spacial score (nSPS) is 10.6. The Morgan fingerprint density at radius 3 is 2.73 bits per heavy atom. The van der Waals surface area contributed by atoms with Crippen molar-refractivity contribution in [2.75, 3.05) is 0 Å². The zero-order valence-electron chi connectivity index (χ0n) is 8.98. The highest BCUT2D eigenvalue weighted by molar-refractivity contribution is 5.82. The molecular weight excluding hydrogens is 194 g/mol. The average molecular weight is 207 g/mol. The molecule has 0 saturated heterocycles. The van der Waals surface area contributed by atoms with E-state index >= 15 is 0 Å². The third kappa shape index (κ3) is 3.81. The molecule has 5 heteroatoms. The summed E-state index contributed by atoms with van der Waals surface area (Å²) in [6.07, 6.45) is 1.36. The van der Waals surface area contributed by atoms with Crippen LogP contribution in [0.1, 0.15) is 31.4 Å². The van der Waals surface area contributed by atoms with E-state index in [2.05, 4.69) is 21.9 Å². The van der Waals surface area contributed by atoms with Gasteiger partial charge in [-0.1, -0.05) is 11.8 Å². The molecule has 0 spiro atoms. The van der Waals surface area contributed by atoms with Crippen molar-refractivity contribution >= 4 is 5.97 Å². The maximum absolute atomic E-state index is 10.5. The van der Waals surface area contributed by atoms with E-state index in [0.29, 0.717) is 6.54 Å². The quantitative estimate of drug-likeness (QED) is 0.735. The largest absolute Gasteiger partial charge is 0.475 e. The van der Waals surface area contributed by atoms with E-state index < -0.39 is 5.97 Å². The Kier molecular flexibility index (Phi) is 3.10. The Morgan fingerprint density at radius 2 is 2.27 bits per heavy atom. The molecule has 1 aromatic rings. The smallest absolute Gasteiger partial charge is 0.375 e. The Morgan fingerprint density at radius 1 is 1.60 bits per heavy atom. The summed E-state index contributed by atoms with van der Waals surface area (Å²) >= 11 is 0. The van der Waals surface area contributed by atoms with Crippen molar-refractivity contribution in [3.63, 3.8) is 0 Å². The highest BCUT2D eigenvalue weighted by Gasteiger charge is 2.07. The third-order valence-electron chi connectivity index (χ3n) is 1.43. The fourth-order valence-electron chi connectivity index (χ4n) is 0.855. The number of aromatic carboxylic acids is 1. The molecule has 15 heavy (non-hydrogen) atoms. The topological polar surface area (TPSA) is 68.0 Å². The predicted molar refractivity (Wildman–Crippen MR) is 54.2 cm³/mol.